The SMILES string of the molecule is COc1ccccc1NC(=O)C1=C(C)Nc2nc(-c3ccccc3)nn2C1c1ccc(Cl)cc1. The van der Waals surface area contributed by atoms with Crippen molar-refractivity contribution < 1.29 is 9.53 Å². The average molecular weight is 472 g/mol. The van der Waals surface area contributed by atoms with Crippen LogP contribution in [0.25, 0.3) is 11.4 Å². The molecule has 1 aromatic heterocycles. The van der Waals surface area contributed by atoms with Gasteiger partial charge in [-0.25, -0.2) is 4.68 Å². The topological polar surface area (TPSA) is 81.1 Å². The monoisotopic (exact) mass is 471 g/mol. The number of fused-ring (bicyclic) bond motifs is 1. The second kappa shape index (κ2) is 9.03. The number of carbonyl (C=O) groups excluding carboxylic acids is 1. The molecule has 0 fully saturated rings. The summed E-state index contributed by atoms with van der Waals surface area (Å²) >= 11 is 6.15. The van der Waals surface area contributed by atoms with E-state index in [1.54, 1.807) is 36.1 Å². The third-order valence-corrected chi connectivity index (χ3v) is 5.92. The van der Waals surface area contributed by atoms with Crippen LogP contribution in [0.1, 0.15) is 18.5 Å². The molecule has 1 unspecified atom stereocenters. The van der Waals surface area contributed by atoms with E-state index in [9.17, 15) is 4.79 Å². The Kier molecular flexibility index (Phi) is 5.77. The van der Waals surface area contributed by atoms with Gasteiger partial charge in [-0.2, -0.15) is 4.98 Å². The smallest absolute Gasteiger partial charge is 0.255 e. The van der Waals surface area contributed by atoms with Crippen LogP contribution in [0.2, 0.25) is 5.02 Å². The number of benzene rings is 3. The van der Waals surface area contributed by atoms with Gasteiger partial charge in [-0.15, -0.1) is 5.10 Å². The van der Waals surface area contributed by atoms with E-state index in [0.717, 1.165) is 11.1 Å². The summed E-state index contributed by atoms with van der Waals surface area (Å²) in [5, 5.41) is 11.6. The molecule has 1 aliphatic rings. The van der Waals surface area contributed by atoms with E-state index in [0.29, 0.717) is 39.5 Å². The summed E-state index contributed by atoms with van der Waals surface area (Å²) in [6.07, 6.45) is 0. The van der Waals surface area contributed by atoms with Crippen LogP contribution < -0.4 is 15.4 Å². The van der Waals surface area contributed by atoms with Crippen molar-refractivity contribution in [2.75, 3.05) is 17.7 Å². The third kappa shape index (κ3) is 4.02. The fourth-order valence-electron chi connectivity index (χ4n) is 4.05. The number of para-hydroxylation sites is 2. The van der Waals surface area contributed by atoms with E-state index in [1.807, 2.05) is 61.5 Å². The molecular formula is C26H22ClN5O2. The lowest BCUT2D eigenvalue weighted by molar-refractivity contribution is -0.113. The van der Waals surface area contributed by atoms with Crippen molar-refractivity contribution in [2.45, 2.75) is 13.0 Å². The normalized spacial score (nSPS) is 14.9. The van der Waals surface area contributed by atoms with Gasteiger partial charge < -0.3 is 15.4 Å². The van der Waals surface area contributed by atoms with Gasteiger partial charge in [-0.1, -0.05) is 66.2 Å². The minimum atomic E-state index is -0.506. The van der Waals surface area contributed by atoms with E-state index in [1.165, 1.54) is 0 Å². The number of aromatic nitrogens is 3. The number of hydrogen-bond acceptors (Lipinski definition) is 5. The van der Waals surface area contributed by atoms with Crippen LogP contribution in [0, 0.1) is 0 Å². The number of hydrogen-bond donors (Lipinski definition) is 2. The lowest BCUT2D eigenvalue weighted by Gasteiger charge is -2.28. The quantitative estimate of drug-likeness (QED) is 0.399. The predicted octanol–water partition coefficient (Wildman–Crippen LogP) is 5.53. The molecule has 1 aliphatic heterocycles. The molecule has 7 nitrogen and oxygen atoms in total. The molecule has 3 aromatic carbocycles. The molecule has 170 valence electrons. The number of halogens is 1. The number of amides is 1. The Morgan fingerprint density at radius 3 is 2.47 bits per heavy atom. The number of nitrogens with one attached hydrogen (secondary N) is 2. The van der Waals surface area contributed by atoms with Gasteiger partial charge in [0.1, 0.15) is 11.8 Å². The molecule has 0 bridgehead atoms. The van der Waals surface area contributed by atoms with Crippen LogP contribution >= 0.6 is 11.6 Å². The fourth-order valence-corrected chi connectivity index (χ4v) is 4.17. The van der Waals surface area contributed by atoms with Crippen LogP contribution in [0.5, 0.6) is 5.75 Å². The Morgan fingerprint density at radius 2 is 1.74 bits per heavy atom. The lowest BCUT2D eigenvalue weighted by atomic mass is 9.95. The summed E-state index contributed by atoms with van der Waals surface area (Å²) in [7, 11) is 1.57. The van der Waals surface area contributed by atoms with E-state index in [4.69, 9.17) is 26.4 Å². The number of carbonyl (C=O) groups is 1. The van der Waals surface area contributed by atoms with Gasteiger partial charge in [0.2, 0.25) is 5.95 Å². The molecule has 0 spiro atoms. The van der Waals surface area contributed by atoms with Crippen molar-refractivity contribution in [2.24, 2.45) is 0 Å². The molecular weight excluding hydrogens is 450 g/mol. The number of ether oxygens (including phenoxy) is 1. The largest absolute Gasteiger partial charge is 0.495 e. The molecule has 2 N–H and O–H groups in total. The maximum atomic E-state index is 13.6. The van der Waals surface area contributed by atoms with Gasteiger partial charge in [0, 0.05) is 16.3 Å². The summed E-state index contributed by atoms with van der Waals surface area (Å²) in [6, 6.07) is 23.9. The van der Waals surface area contributed by atoms with Crippen molar-refractivity contribution in [3.8, 4) is 17.1 Å². The Hall–Kier alpha value is -4.10. The number of allylic oxidation sites excluding steroid dienone is 1. The van der Waals surface area contributed by atoms with Crippen molar-refractivity contribution in [3.05, 3.63) is 101 Å². The molecule has 8 heteroatoms. The zero-order chi connectivity index (χ0) is 23.7. The summed E-state index contributed by atoms with van der Waals surface area (Å²) in [5.74, 6) is 1.44. The molecule has 5 rings (SSSR count). The van der Waals surface area contributed by atoms with Gasteiger partial charge >= 0.3 is 0 Å². The molecule has 0 radical (unpaired) electrons. The van der Waals surface area contributed by atoms with Crippen LogP contribution in [-0.4, -0.2) is 27.8 Å². The average Bonchev–Trinajstić information content (AvgIpc) is 3.28. The zero-order valence-corrected chi connectivity index (χ0v) is 19.4. The molecule has 0 saturated carbocycles. The summed E-state index contributed by atoms with van der Waals surface area (Å²) in [6.45, 7) is 1.86. The van der Waals surface area contributed by atoms with Crippen molar-refractivity contribution in [1.29, 1.82) is 0 Å². The van der Waals surface area contributed by atoms with E-state index >= 15 is 0 Å². The van der Waals surface area contributed by atoms with Gasteiger partial charge in [-0.3, -0.25) is 4.79 Å². The van der Waals surface area contributed by atoms with Gasteiger partial charge in [0.25, 0.3) is 5.91 Å². The standard InChI is InChI=1S/C26H22ClN5O2/c1-16-22(25(33)29-20-10-6-7-11-21(20)34-2)23(17-12-14-19(27)15-13-17)32-26(28-16)30-24(31-32)18-8-4-3-5-9-18/h3-15,23H,1-2H3,(H,29,33)(H,28,30,31). The molecule has 1 atom stereocenters. The summed E-state index contributed by atoms with van der Waals surface area (Å²) in [5.41, 5.74) is 3.54. The van der Waals surface area contributed by atoms with Crippen LogP contribution in [0.15, 0.2) is 90.1 Å². The van der Waals surface area contributed by atoms with Gasteiger partial charge in [0.15, 0.2) is 5.82 Å². The molecule has 34 heavy (non-hydrogen) atoms. The second-order valence-corrected chi connectivity index (χ2v) is 8.28. The zero-order valence-electron chi connectivity index (χ0n) is 18.6. The first-order valence-corrected chi connectivity index (χ1v) is 11.1. The first kappa shape index (κ1) is 21.7. The highest BCUT2D eigenvalue weighted by molar-refractivity contribution is 6.30. The van der Waals surface area contributed by atoms with Crippen LogP contribution in [0.4, 0.5) is 11.6 Å². The van der Waals surface area contributed by atoms with Crippen LogP contribution in [0.3, 0.4) is 0 Å². The molecule has 4 aromatic rings. The van der Waals surface area contributed by atoms with E-state index in [2.05, 4.69) is 10.6 Å². The Labute approximate surface area is 202 Å². The van der Waals surface area contributed by atoms with Crippen LogP contribution in [-0.2, 0) is 4.79 Å². The highest BCUT2D eigenvalue weighted by Gasteiger charge is 2.34. The number of anilines is 2. The van der Waals surface area contributed by atoms with Gasteiger partial charge in [-0.05, 0) is 36.8 Å². The summed E-state index contributed by atoms with van der Waals surface area (Å²) < 4.78 is 7.15. The fraction of sp³-hybridized carbons (Fsp3) is 0.115. The molecule has 0 aliphatic carbocycles. The summed E-state index contributed by atoms with van der Waals surface area (Å²) in [4.78, 5) is 18.3. The molecule has 0 saturated heterocycles. The second-order valence-electron chi connectivity index (χ2n) is 7.84. The Morgan fingerprint density at radius 1 is 1.03 bits per heavy atom. The maximum Gasteiger partial charge on any atom is 0.255 e. The predicted molar refractivity (Wildman–Crippen MR) is 133 cm³/mol. The number of methoxy groups -OCH3 is 1. The maximum absolute atomic E-state index is 13.6. The number of rotatable bonds is 5. The van der Waals surface area contributed by atoms with Crippen molar-refractivity contribution in [3.63, 3.8) is 0 Å². The van der Waals surface area contributed by atoms with Crippen molar-refractivity contribution >= 4 is 29.1 Å². The minimum absolute atomic E-state index is 0.267. The lowest BCUT2D eigenvalue weighted by Crippen LogP contribution is -2.31. The number of nitrogens with zero attached hydrogens (tertiary/aromatic N) is 3. The highest BCUT2D eigenvalue weighted by Crippen LogP contribution is 2.37. The Balaban J connectivity index is 1.60. The first-order valence-electron chi connectivity index (χ1n) is 10.7. The van der Waals surface area contributed by atoms with E-state index in [-0.39, 0.29) is 5.91 Å². The third-order valence-electron chi connectivity index (χ3n) is 5.67. The Bertz CT molecular complexity index is 1380. The van der Waals surface area contributed by atoms with Crippen molar-refractivity contribution in [1.82, 2.24) is 14.8 Å². The molecule has 1 amide bonds. The van der Waals surface area contributed by atoms with E-state index < -0.39 is 6.04 Å². The minimum Gasteiger partial charge on any atom is -0.495 e. The highest BCUT2D eigenvalue weighted by atomic mass is 35.5. The molecule has 2 heterocycles. The van der Waals surface area contributed by atoms with Gasteiger partial charge in [0.05, 0.1) is 18.4 Å². The first-order chi connectivity index (χ1) is 16.5.